The van der Waals surface area contributed by atoms with Gasteiger partial charge in [0.25, 0.3) is 0 Å². The van der Waals surface area contributed by atoms with Crippen LogP contribution in [0.4, 0.5) is 4.39 Å². The lowest BCUT2D eigenvalue weighted by atomic mass is 9.82. The Morgan fingerprint density at radius 3 is 2.72 bits per heavy atom. The van der Waals surface area contributed by atoms with Gasteiger partial charge in [-0.1, -0.05) is 19.1 Å². The van der Waals surface area contributed by atoms with Crippen LogP contribution in [0.15, 0.2) is 36.7 Å². The highest BCUT2D eigenvalue weighted by Gasteiger charge is 2.42. The number of ether oxygens (including phenoxy) is 2. The van der Waals surface area contributed by atoms with E-state index in [0.717, 1.165) is 48.8 Å². The van der Waals surface area contributed by atoms with Gasteiger partial charge in [-0.2, -0.15) is 0 Å². The van der Waals surface area contributed by atoms with Crippen molar-refractivity contribution in [2.75, 3.05) is 7.11 Å². The summed E-state index contributed by atoms with van der Waals surface area (Å²) < 4.78 is 26.1. The smallest absolute Gasteiger partial charge is 0.519 e. The first-order valence-corrected chi connectivity index (χ1v) is 12.5. The summed E-state index contributed by atoms with van der Waals surface area (Å²) in [4.78, 5) is 25.2. The maximum atomic E-state index is 14.6. The maximum Gasteiger partial charge on any atom is 0.519 e. The van der Waals surface area contributed by atoms with Crippen molar-refractivity contribution in [1.29, 1.82) is 0 Å². The molecule has 8 heteroatoms. The lowest BCUT2D eigenvalue weighted by molar-refractivity contribution is -0.142. The van der Waals surface area contributed by atoms with Crippen molar-refractivity contribution in [3.05, 3.63) is 65.0 Å². The summed E-state index contributed by atoms with van der Waals surface area (Å²) in [6.45, 7) is 3.82. The van der Waals surface area contributed by atoms with Crippen LogP contribution in [-0.4, -0.2) is 33.1 Å². The first kappa shape index (κ1) is 24.2. The van der Waals surface area contributed by atoms with Gasteiger partial charge in [0.2, 0.25) is 5.88 Å². The highest BCUT2D eigenvalue weighted by atomic mass is 19.1. The summed E-state index contributed by atoms with van der Waals surface area (Å²) in [7, 11) is 1.49. The molecule has 0 saturated heterocycles. The Kier molecular flexibility index (Phi) is 6.60. The molecular weight excluding hydrogens is 461 g/mol. The second-order valence-corrected chi connectivity index (χ2v) is 9.68. The molecule has 2 N–H and O–H groups in total. The van der Waals surface area contributed by atoms with E-state index in [1.54, 1.807) is 6.20 Å². The molecule has 0 radical (unpaired) electrons. The van der Waals surface area contributed by atoms with Crippen LogP contribution in [-0.2, 0) is 17.6 Å². The predicted octanol–water partition coefficient (Wildman–Crippen LogP) is 4.70. The minimum atomic E-state index is -0.519. The Hall–Kier alpha value is -3.55. The van der Waals surface area contributed by atoms with E-state index in [1.165, 1.54) is 13.2 Å². The molecule has 1 saturated carbocycles. The van der Waals surface area contributed by atoms with Crippen LogP contribution in [0.5, 0.6) is 11.6 Å². The van der Waals surface area contributed by atoms with Gasteiger partial charge in [-0.3, -0.25) is 9.97 Å². The zero-order valence-corrected chi connectivity index (χ0v) is 20.8. The van der Waals surface area contributed by atoms with Gasteiger partial charge in [0.05, 0.1) is 36.6 Å². The number of methoxy groups -OCH3 is 1. The Bertz CT molecular complexity index is 1290. The van der Waals surface area contributed by atoms with E-state index in [-0.39, 0.29) is 17.9 Å². The number of aromatic nitrogens is 3. The first-order chi connectivity index (χ1) is 17.4. The molecule has 1 aliphatic carbocycles. The molecule has 1 fully saturated rings. The second-order valence-electron chi connectivity index (χ2n) is 9.68. The van der Waals surface area contributed by atoms with E-state index in [0.29, 0.717) is 40.9 Å². The zero-order chi connectivity index (χ0) is 25.4. The third-order valence-electron chi connectivity index (χ3n) is 7.33. The normalized spacial score (nSPS) is 18.6. The summed E-state index contributed by atoms with van der Waals surface area (Å²) in [5, 5.41) is 7.65. The molecule has 1 unspecified atom stereocenters. The van der Waals surface area contributed by atoms with Gasteiger partial charge in [-0.25, -0.2) is 9.37 Å². The molecule has 0 amide bonds. The molecule has 36 heavy (non-hydrogen) atoms. The van der Waals surface area contributed by atoms with Crippen LogP contribution in [0.25, 0.3) is 11.3 Å². The van der Waals surface area contributed by atoms with Gasteiger partial charge in [-0.15, -0.1) is 0 Å². The van der Waals surface area contributed by atoms with Gasteiger partial charge in [0, 0.05) is 22.3 Å². The summed E-state index contributed by atoms with van der Waals surface area (Å²) in [6, 6.07) is 7.76. The first-order valence-electron chi connectivity index (χ1n) is 12.5. The lowest BCUT2D eigenvalue weighted by Gasteiger charge is -2.28. The fourth-order valence-corrected chi connectivity index (χ4v) is 5.17. The molecule has 5 rings (SSSR count). The average molecular weight is 493 g/mol. The lowest BCUT2D eigenvalue weighted by Crippen LogP contribution is -2.22. The number of halogens is 1. The summed E-state index contributed by atoms with van der Waals surface area (Å²) in [5.74, 6) is 0.267. The number of pyridine rings is 1. The van der Waals surface area contributed by atoms with Crippen LogP contribution in [0.3, 0.4) is 0 Å². The van der Waals surface area contributed by atoms with Crippen molar-refractivity contribution < 1.29 is 23.8 Å². The summed E-state index contributed by atoms with van der Waals surface area (Å²) >= 11 is 0. The number of aryl methyl sites for hydroxylation is 2. The largest absolute Gasteiger partial charge is 0.565 e. The molecule has 1 aliphatic heterocycles. The van der Waals surface area contributed by atoms with Crippen LogP contribution in [0, 0.1) is 17.7 Å². The van der Waals surface area contributed by atoms with E-state index in [9.17, 15) is 9.18 Å². The summed E-state index contributed by atoms with van der Waals surface area (Å²) in [5.41, 5.74) is 4.35. The Balaban J connectivity index is 1.43. The maximum absolute atomic E-state index is 14.6. The SMILES string of the molecule is CCc1nc(C2CCc3ccc([C@H](C4CC4)[C@H](C)C(=O)[OH2+])cc3O2)cnc1-c1cc(OC)ncc1F. The monoisotopic (exact) mass is 492 g/mol. The van der Waals surface area contributed by atoms with E-state index >= 15 is 0 Å². The molecular formula is C28H31FN3O4+. The third-order valence-corrected chi connectivity index (χ3v) is 7.33. The molecule has 2 aliphatic rings. The molecule has 3 atom stereocenters. The molecule has 188 valence electrons. The van der Waals surface area contributed by atoms with Crippen molar-refractivity contribution >= 4 is 5.97 Å². The number of carbonyl (C=O) groups is 1. The Labute approximate surface area is 209 Å². The fourth-order valence-electron chi connectivity index (χ4n) is 5.17. The van der Waals surface area contributed by atoms with E-state index in [4.69, 9.17) is 19.6 Å². The standard InChI is InChI=1S/C28H30FN3O4/c1-4-21-27(19-12-25(35-3)30-13-20(19)29)31-14-22(32-21)23-10-9-16-5-8-18(11-24(16)36-23)26(17-6-7-17)15(2)28(33)34/h5,8,11-15,17,23,26H,4,6-7,9-10H2,1-3H3,(H,33,34)/p+1/t15-,23?,26-/m0/s1. The van der Waals surface area contributed by atoms with Crippen LogP contribution < -0.4 is 9.47 Å². The van der Waals surface area contributed by atoms with E-state index < -0.39 is 11.8 Å². The minimum Gasteiger partial charge on any atom is -0.565 e. The number of rotatable bonds is 8. The number of fused-ring (bicyclic) bond motifs is 1. The molecule has 2 aromatic heterocycles. The van der Waals surface area contributed by atoms with Crippen molar-refractivity contribution in [3.63, 3.8) is 0 Å². The number of benzene rings is 1. The van der Waals surface area contributed by atoms with Gasteiger partial charge in [-0.05, 0) is 62.1 Å². The topological polar surface area (TPSA) is 97.1 Å². The molecule has 0 spiro atoms. The second kappa shape index (κ2) is 9.84. The van der Waals surface area contributed by atoms with Crippen LogP contribution in [0.1, 0.15) is 67.6 Å². The highest BCUT2D eigenvalue weighted by molar-refractivity contribution is 5.71. The van der Waals surface area contributed by atoms with Crippen molar-refractivity contribution in [3.8, 4) is 22.9 Å². The molecule has 0 bridgehead atoms. The molecule has 3 aromatic rings. The highest BCUT2D eigenvalue weighted by Crippen LogP contribution is 2.48. The number of hydrogen-bond acceptors (Lipinski definition) is 6. The molecule has 7 nitrogen and oxygen atoms in total. The van der Waals surface area contributed by atoms with Gasteiger partial charge >= 0.3 is 5.97 Å². The minimum absolute atomic E-state index is 0.0438. The predicted molar refractivity (Wildman–Crippen MR) is 133 cm³/mol. The number of nitrogens with zero attached hydrogens (tertiary/aromatic N) is 3. The molecule has 3 heterocycles. The summed E-state index contributed by atoms with van der Waals surface area (Å²) in [6.07, 6.45) is 6.88. The van der Waals surface area contributed by atoms with Gasteiger partial charge in [0.15, 0.2) is 5.82 Å². The van der Waals surface area contributed by atoms with E-state index in [2.05, 4.69) is 22.1 Å². The van der Waals surface area contributed by atoms with E-state index in [1.807, 2.05) is 19.9 Å². The zero-order valence-electron chi connectivity index (χ0n) is 20.8. The van der Waals surface area contributed by atoms with Gasteiger partial charge < -0.3 is 14.6 Å². The quantitative estimate of drug-likeness (QED) is 0.423. The molecule has 1 aromatic carbocycles. The third kappa shape index (κ3) is 4.64. The number of hydrogen-bond donors (Lipinski definition) is 0. The Morgan fingerprint density at radius 2 is 2.03 bits per heavy atom. The van der Waals surface area contributed by atoms with Gasteiger partial charge in [0.1, 0.15) is 17.8 Å². The van der Waals surface area contributed by atoms with Crippen LogP contribution >= 0.6 is 0 Å². The van der Waals surface area contributed by atoms with Crippen molar-refractivity contribution in [1.82, 2.24) is 15.0 Å². The average Bonchev–Trinajstić information content (AvgIpc) is 3.73. The van der Waals surface area contributed by atoms with Crippen molar-refractivity contribution in [2.24, 2.45) is 11.8 Å². The Morgan fingerprint density at radius 1 is 1.22 bits per heavy atom. The number of carbonyl (C=O) groups excluding carboxylic acids is 1. The fraction of sp³-hybridized carbons (Fsp3) is 0.429. The van der Waals surface area contributed by atoms with Crippen LogP contribution in [0.2, 0.25) is 0 Å². The van der Waals surface area contributed by atoms with Crippen molar-refractivity contribution in [2.45, 2.75) is 58.0 Å².